The van der Waals surface area contributed by atoms with Crippen molar-refractivity contribution in [1.29, 1.82) is 5.26 Å². The van der Waals surface area contributed by atoms with Crippen LogP contribution in [-0.2, 0) is 24.2 Å². The van der Waals surface area contributed by atoms with E-state index >= 15 is 4.39 Å². The van der Waals surface area contributed by atoms with Crippen molar-refractivity contribution in [3.8, 4) is 11.8 Å². The van der Waals surface area contributed by atoms with Gasteiger partial charge in [-0.15, -0.1) is 0 Å². The molecule has 1 aliphatic carbocycles. The van der Waals surface area contributed by atoms with Crippen LogP contribution in [0.3, 0.4) is 0 Å². The minimum atomic E-state index is -0.960. The first-order valence-corrected chi connectivity index (χ1v) is 10.5. The quantitative estimate of drug-likeness (QED) is 0.731. The summed E-state index contributed by atoms with van der Waals surface area (Å²) >= 11 is 0. The molecule has 1 N–H and O–H groups in total. The van der Waals surface area contributed by atoms with Crippen molar-refractivity contribution in [2.24, 2.45) is 5.92 Å². The van der Waals surface area contributed by atoms with Crippen molar-refractivity contribution in [2.75, 3.05) is 11.4 Å². The molecule has 162 valence electrons. The fourth-order valence-corrected chi connectivity index (χ4v) is 4.12. The number of nitriles is 1. The summed E-state index contributed by atoms with van der Waals surface area (Å²) in [6, 6.07) is 8.32. The lowest BCUT2D eigenvalue weighted by Gasteiger charge is -2.33. The summed E-state index contributed by atoms with van der Waals surface area (Å²) in [5.74, 6) is -2.21. The number of fused-ring (bicyclic) bond motifs is 1. The molecule has 0 spiro atoms. The van der Waals surface area contributed by atoms with Crippen LogP contribution in [0.1, 0.15) is 48.4 Å². The first kappa shape index (κ1) is 21.1. The Labute approximate surface area is 179 Å². The van der Waals surface area contributed by atoms with Crippen LogP contribution in [0.25, 0.3) is 0 Å². The second-order valence-corrected chi connectivity index (χ2v) is 8.37. The number of carbonyl (C=O) groups is 1. The Morgan fingerprint density at radius 1 is 1.35 bits per heavy atom. The van der Waals surface area contributed by atoms with Gasteiger partial charge in [-0.3, -0.25) is 4.79 Å². The summed E-state index contributed by atoms with van der Waals surface area (Å²) in [7, 11) is 0. The third-order valence-electron chi connectivity index (χ3n) is 6.21. The first-order chi connectivity index (χ1) is 14.9. The summed E-state index contributed by atoms with van der Waals surface area (Å²) in [4.78, 5) is 13.0. The topological polar surface area (TPSA) is 73.6 Å². The first-order valence-electron chi connectivity index (χ1n) is 10.5. The minimum absolute atomic E-state index is 0.0446. The lowest BCUT2D eigenvalue weighted by atomic mass is 9.92. The van der Waals surface area contributed by atoms with Crippen molar-refractivity contribution in [3.05, 3.63) is 58.2 Å². The maximum atomic E-state index is 15.0. The molecular weight excluding hydrogens is 402 g/mol. The molecule has 31 heavy (non-hydrogen) atoms. The molecule has 1 unspecified atom stereocenters. The van der Waals surface area contributed by atoms with Gasteiger partial charge in [0.25, 0.3) is 0 Å². The van der Waals surface area contributed by atoms with Gasteiger partial charge in [-0.2, -0.15) is 5.26 Å². The Hall–Kier alpha value is -3.14. The number of ether oxygens (including phenoxy) is 1. The smallest absolute Gasteiger partial charge is 0.306 e. The highest BCUT2D eigenvalue weighted by molar-refractivity contribution is 5.70. The van der Waals surface area contributed by atoms with Gasteiger partial charge in [0.05, 0.1) is 17.7 Å². The number of carboxylic acid groups (broad SMARTS) is 1. The molecule has 2 aromatic rings. The Balaban J connectivity index is 1.60. The van der Waals surface area contributed by atoms with Gasteiger partial charge in [0.1, 0.15) is 29.0 Å². The monoisotopic (exact) mass is 426 g/mol. The van der Waals surface area contributed by atoms with Crippen molar-refractivity contribution in [2.45, 2.75) is 51.7 Å². The molecule has 1 heterocycles. The lowest BCUT2D eigenvalue weighted by Crippen LogP contribution is -2.32. The third-order valence-corrected chi connectivity index (χ3v) is 6.21. The zero-order chi connectivity index (χ0) is 22.1. The van der Waals surface area contributed by atoms with E-state index in [0.717, 1.165) is 24.8 Å². The Bertz CT molecular complexity index is 1060. The zero-order valence-electron chi connectivity index (χ0n) is 17.3. The Morgan fingerprint density at radius 2 is 2.13 bits per heavy atom. The van der Waals surface area contributed by atoms with E-state index in [4.69, 9.17) is 9.84 Å². The normalized spacial score (nSPS) is 16.8. The molecular formula is C24H24F2N2O3. The minimum Gasteiger partial charge on any atom is -0.490 e. The fraction of sp³-hybridized carbons (Fsp3) is 0.417. The number of hydrogen-bond acceptors (Lipinski definition) is 4. The molecule has 2 aromatic carbocycles. The molecule has 4 rings (SSSR count). The van der Waals surface area contributed by atoms with Gasteiger partial charge >= 0.3 is 5.97 Å². The summed E-state index contributed by atoms with van der Waals surface area (Å²) in [5, 5.41) is 18.6. The molecule has 0 bridgehead atoms. The van der Waals surface area contributed by atoms with Crippen LogP contribution in [0.4, 0.5) is 14.5 Å². The number of halogens is 2. The van der Waals surface area contributed by atoms with Crippen LogP contribution < -0.4 is 9.64 Å². The fourth-order valence-electron chi connectivity index (χ4n) is 4.12. The second kappa shape index (κ2) is 8.54. The van der Waals surface area contributed by atoms with E-state index in [2.05, 4.69) is 0 Å². The molecule has 0 radical (unpaired) electrons. The molecule has 0 amide bonds. The van der Waals surface area contributed by atoms with Gasteiger partial charge in [-0.1, -0.05) is 19.1 Å². The molecule has 0 saturated heterocycles. The maximum absolute atomic E-state index is 15.0. The van der Waals surface area contributed by atoms with Crippen molar-refractivity contribution >= 4 is 11.7 Å². The van der Waals surface area contributed by atoms with E-state index in [9.17, 15) is 14.4 Å². The maximum Gasteiger partial charge on any atom is 0.306 e. The van der Waals surface area contributed by atoms with E-state index in [1.165, 1.54) is 6.07 Å². The summed E-state index contributed by atoms with van der Waals surface area (Å²) < 4.78 is 35.5. The number of carboxylic acids is 1. The number of benzene rings is 2. The Kier molecular flexibility index (Phi) is 5.81. The Morgan fingerprint density at radius 3 is 2.77 bits per heavy atom. The SMILES string of the molecule is CC(Cc1ccc2c(c1F)CCN(c1cc(OC3CCC3)cc(F)c1C#N)C2)C(=O)O. The number of aliphatic carboxylic acids is 1. The number of hydrogen-bond donors (Lipinski definition) is 1. The van der Waals surface area contributed by atoms with Gasteiger partial charge < -0.3 is 14.7 Å². The molecule has 5 nitrogen and oxygen atoms in total. The van der Waals surface area contributed by atoms with Gasteiger partial charge in [-0.05, 0) is 48.8 Å². The van der Waals surface area contributed by atoms with Gasteiger partial charge in [0.15, 0.2) is 0 Å². The largest absolute Gasteiger partial charge is 0.490 e. The highest BCUT2D eigenvalue weighted by atomic mass is 19.1. The van der Waals surface area contributed by atoms with Crippen molar-refractivity contribution in [1.82, 2.24) is 0 Å². The molecule has 1 atom stereocenters. The van der Waals surface area contributed by atoms with Crippen LogP contribution in [-0.4, -0.2) is 23.7 Å². The van der Waals surface area contributed by atoms with Crippen LogP contribution >= 0.6 is 0 Å². The summed E-state index contributed by atoms with van der Waals surface area (Å²) in [5.41, 5.74) is 2.11. The van der Waals surface area contributed by atoms with Crippen molar-refractivity contribution < 1.29 is 23.4 Å². The third kappa shape index (κ3) is 4.20. The van der Waals surface area contributed by atoms with Crippen LogP contribution in [0.5, 0.6) is 5.75 Å². The predicted octanol–water partition coefficient (Wildman–Crippen LogP) is 4.59. The molecule has 1 fully saturated rings. The predicted molar refractivity (Wildman–Crippen MR) is 111 cm³/mol. The molecule has 1 aliphatic heterocycles. The van der Waals surface area contributed by atoms with Crippen LogP contribution in [0.15, 0.2) is 24.3 Å². The van der Waals surface area contributed by atoms with E-state index in [0.29, 0.717) is 42.1 Å². The number of rotatable bonds is 6. The molecule has 7 heteroatoms. The lowest BCUT2D eigenvalue weighted by molar-refractivity contribution is -0.141. The highest BCUT2D eigenvalue weighted by Crippen LogP contribution is 2.35. The van der Waals surface area contributed by atoms with Gasteiger partial charge in [0.2, 0.25) is 0 Å². The average molecular weight is 426 g/mol. The summed E-state index contributed by atoms with van der Waals surface area (Å²) in [6.07, 6.45) is 3.58. The standard InChI is InChI=1S/C24H24F2N2O3/c1-14(24(29)30)9-15-5-6-16-13-28(8-7-19(16)23(15)26)22-11-18(31-17-3-2-4-17)10-21(25)20(22)12-27/h5-6,10-11,14,17H,2-4,7-9,13H2,1H3,(H,29,30). The molecule has 0 aromatic heterocycles. The second-order valence-electron chi connectivity index (χ2n) is 8.37. The highest BCUT2D eigenvalue weighted by Gasteiger charge is 2.27. The summed E-state index contributed by atoms with van der Waals surface area (Å²) in [6.45, 7) is 2.31. The molecule has 1 saturated carbocycles. The van der Waals surface area contributed by atoms with E-state index in [1.807, 2.05) is 11.0 Å². The van der Waals surface area contributed by atoms with E-state index < -0.39 is 17.7 Å². The average Bonchev–Trinajstić information content (AvgIpc) is 2.72. The van der Waals surface area contributed by atoms with Crippen LogP contribution in [0, 0.1) is 28.9 Å². The molecule has 2 aliphatic rings. The van der Waals surface area contributed by atoms with Gasteiger partial charge in [-0.25, -0.2) is 8.78 Å². The van der Waals surface area contributed by atoms with Gasteiger partial charge in [0, 0.05) is 25.2 Å². The van der Waals surface area contributed by atoms with E-state index in [-0.39, 0.29) is 23.9 Å². The zero-order valence-corrected chi connectivity index (χ0v) is 17.3. The number of anilines is 1. The van der Waals surface area contributed by atoms with Crippen molar-refractivity contribution in [3.63, 3.8) is 0 Å². The van der Waals surface area contributed by atoms with Crippen LogP contribution in [0.2, 0.25) is 0 Å². The van der Waals surface area contributed by atoms with E-state index in [1.54, 1.807) is 25.1 Å². The number of nitrogens with zero attached hydrogens (tertiary/aromatic N) is 2.